The number of benzene rings is 1. The molecular formula is C21H20N6O3. The monoisotopic (exact) mass is 404 g/mol. The van der Waals surface area contributed by atoms with Crippen molar-refractivity contribution in [2.75, 3.05) is 13.1 Å². The van der Waals surface area contributed by atoms with Gasteiger partial charge in [0.25, 0.3) is 11.4 Å². The maximum Gasteiger partial charge on any atom is 0.261 e. The largest absolute Gasteiger partial charge is 0.470 e. The van der Waals surface area contributed by atoms with Crippen LogP contribution >= 0.6 is 0 Å². The second-order valence-corrected chi connectivity index (χ2v) is 7.05. The molecule has 0 unspecified atom stereocenters. The lowest BCUT2D eigenvalue weighted by atomic mass is 10.1. The highest BCUT2D eigenvalue weighted by Gasteiger charge is 2.26. The van der Waals surface area contributed by atoms with Crippen LogP contribution in [0.1, 0.15) is 25.0 Å². The van der Waals surface area contributed by atoms with Crippen molar-refractivity contribution in [2.45, 2.75) is 31.9 Å². The van der Waals surface area contributed by atoms with E-state index >= 15 is 0 Å². The highest BCUT2D eigenvalue weighted by molar-refractivity contribution is 5.77. The highest BCUT2D eigenvalue weighted by atomic mass is 16.5. The second kappa shape index (κ2) is 8.69. The summed E-state index contributed by atoms with van der Waals surface area (Å²) in [7, 11) is 0. The first kappa shape index (κ1) is 19.5. The number of likely N-dealkylation sites (tertiary alicyclic amines) is 1. The van der Waals surface area contributed by atoms with Crippen molar-refractivity contribution in [2.24, 2.45) is 0 Å². The van der Waals surface area contributed by atoms with Gasteiger partial charge in [-0.1, -0.05) is 12.1 Å². The third-order valence-corrected chi connectivity index (χ3v) is 5.08. The molecule has 0 saturated carbocycles. The Labute approximate surface area is 172 Å². The van der Waals surface area contributed by atoms with Crippen molar-refractivity contribution in [3.63, 3.8) is 0 Å². The summed E-state index contributed by atoms with van der Waals surface area (Å²) in [5, 5.41) is 9.66. The maximum atomic E-state index is 12.7. The molecule has 0 bridgehead atoms. The molecule has 0 radical (unpaired) electrons. The van der Waals surface area contributed by atoms with E-state index in [1.54, 1.807) is 23.1 Å². The van der Waals surface area contributed by atoms with Gasteiger partial charge in [-0.15, -0.1) is 0 Å². The molecule has 9 heteroatoms. The fourth-order valence-corrected chi connectivity index (χ4v) is 3.55. The lowest BCUT2D eigenvalue weighted by molar-refractivity contribution is -0.134. The number of fused-ring (bicyclic) bond motifs is 1. The molecule has 1 aromatic carbocycles. The summed E-state index contributed by atoms with van der Waals surface area (Å²) < 4.78 is 7.30. The number of hydrogen-bond donors (Lipinski definition) is 0. The van der Waals surface area contributed by atoms with Crippen LogP contribution < -0.4 is 10.3 Å². The van der Waals surface area contributed by atoms with Crippen molar-refractivity contribution in [1.82, 2.24) is 24.4 Å². The summed E-state index contributed by atoms with van der Waals surface area (Å²) in [4.78, 5) is 39.3. The number of aromatic nitrogens is 4. The summed E-state index contributed by atoms with van der Waals surface area (Å²) in [5.74, 6) is 0.135. The number of carbonyl (C=O) groups excluding carboxylic acids is 1. The number of nitriles is 1. The SMILES string of the molecule is N#Cc1nccnc1O[C@H]1CCCN(C(=O)CCn2cnc3ccccc3c2=O)C1. The molecule has 0 N–H and O–H groups in total. The molecule has 3 aromatic rings. The fraction of sp³-hybridized carbons (Fsp3) is 0.333. The van der Waals surface area contributed by atoms with Crippen molar-refractivity contribution in [3.05, 3.63) is 59.0 Å². The molecule has 2 aromatic heterocycles. The van der Waals surface area contributed by atoms with Gasteiger partial charge in [0.1, 0.15) is 12.2 Å². The van der Waals surface area contributed by atoms with Crippen LogP contribution in [0.3, 0.4) is 0 Å². The molecule has 9 nitrogen and oxygen atoms in total. The molecule has 1 aliphatic rings. The van der Waals surface area contributed by atoms with Crippen LogP contribution in [0, 0.1) is 11.3 Å². The lowest BCUT2D eigenvalue weighted by Gasteiger charge is -2.32. The van der Waals surface area contributed by atoms with Crippen molar-refractivity contribution in [1.29, 1.82) is 5.26 Å². The van der Waals surface area contributed by atoms with E-state index in [-0.39, 0.29) is 42.1 Å². The zero-order valence-corrected chi connectivity index (χ0v) is 16.3. The van der Waals surface area contributed by atoms with E-state index in [9.17, 15) is 9.59 Å². The highest BCUT2D eigenvalue weighted by Crippen LogP contribution is 2.19. The van der Waals surface area contributed by atoms with Gasteiger partial charge in [0.15, 0.2) is 0 Å². The number of hydrogen-bond acceptors (Lipinski definition) is 7. The predicted octanol–water partition coefficient (Wildman–Crippen LogP) is 1.52. The van der Waals surface area contributed by atoms with E-state index in [1.165, 1.54) is 23.3 Å². The van der Waals surface area contributed by atoms with E-state index in [0.717, 1.165) is 12.8 Å². The number of amides is 1. The molecule has 1 saturated heterocycles. The van der Waals surface area contributed by atoms with E-state index in [2.05, 4.69) is 15.0 Å². The van der Waals surface area contributed by atoms with Crippen LogP contribution in [0.2, 0.25) is 0 Å². The molecule has 4 rings (SSSR count). The van der Waals surface area contributed by atoms with E-state index in [1.807, 2.05) is 12.1 Å². The van der Waals surface area contributed by atoms with Crippen LogP contribution in [-0.2, 0) is 11.3 Å². The molecule has 0 aliphatic carbocycles. The van der Waals surface area contributed by atoms with Crippen LogP contribution in [0.4, 0.5) is 0 Å². The first-order valence-electron chi connectivity index (χ1n) is 9.75. The molecular weight excluding hydrogens is 384 g/mol. The molecule has 1 atom stereocenters. The van der Waals surface area contributed by atoms with Crippen molar-refractivity contribution < 1.29 is 9.53 Å². The van der Waals surface area contributed by atoms with Gasteiger partial charge in [-0.3, -0.25) is 14.2 Å². The lowest BCUT2D eigenvalue weighted by Crippen LogP contribution is -2.45. The Balaban J connectivity index is 1.38. The first-order valence-corrected chi connectivity index (χ1v) is 9.75. The maximum absolute atomic E-state index is 12.7. The Morgan fingerprint density at radius 1 is 1.23 bits per heavy atom. The minimum Gasteiger partial charge on any atom is -0.470 e. The zero-order valence-electron chi connectivity index (χ0n) is 16.3. The van der Waals surface area contributed by atoms with E-state index < -0.39 is 0 Å². The normalized spacial score (nSPS) is 16.2. The summed E-state index contributed by atoms with van der Waals surface area (Å²) in [5.41, 5.74) is 0.617. The molecule has 1 aliphatic heterocycles. The van der Waals surface area contributed by atoms with Crippen molar-refractivity contribution >= 4 is 16.8 Å². The number of aryl methyl sites for hydroxylation is 1. The third-order valence-electron chi connectivity index (χ3n) is 5.08. The number of nitrogens with zero attached hydrogens (tertiary/aromatic N) is 6. The Morgan fingerprint density at radius 2 is 2.07 bits per heavy atom. The number of carbonyl (C=O) groups is 1. The average Bonchev–Trinajstić information content (AvgIpc) is 2.79. The van der Waals surface area contributed by atoms with Crippen LogP contribution in [0.25, 0.3) is 10.9 Å². The number of rotatable bonds is 5. The summed E-state index contributed by atoms with van der Waals surface area (Å²) in [6, 6.07) is 9.11. The predicted molar refractivity (Wildman–Crippen MR) is 108 cm³/mol. The van der Waals surface area contributed by atoms with Gasteiger partial charge < -0.3 is 9.64 Å². The molecule has 152 valence electrons. The first-order chi connectivity index (χ1) is 14.7. The minimum atomic E-state index is -0.253. The zero-order chi connectivity index (χ0) is 20.9. The molecule has 30 heavy (non-hydrogen) atoms. The smallest absolute Gasteiger partial charge is 0.261 e. The quantitative estimate of drug-likeness (QED) is 0.633. The van der Waals surface area contributed by atoms with Crippen LogP contribution in [0.5, 0.6) is 5.88 Å². The Hall–Kier alpha value is -3.80. The van der Waals surface area contributed by atoms with E-state index in [4.69, 9.17) is 10.00 Å². The Morgan fingerprint density at radius 3 is 2.93 bits per heavy atom. The van der Waals surface area contributed by atoms with Crippen LogP contribution in [0.15, 0.2) is 47.8 Å². The topological polar surface area (TPSA) is 114 Å². The second-order valence-electron chi connectivity index (χ2n) is 7.05. The van der Waals surface area contributed by atoms with Gasteiger partial charge in [0.2, 0.25) is 11.6 Å². The van der Waals surface area contributed by atoms with E-state index in [0.29, 0.717) is 24.0 Å². The Kier molecular flexibility index (Phi) is 5.66. The standard InChI is InChI=1S/C21H20N6O3/c22-12-18-20(24-9-8-23-18)30-15-4-3-10-26(13-15)19(28)7-11-27-14-25-17-6-2-1-5-16(17)21(27)29/h1-2,5-6,8-9,14-15H,3-4,7,10-11,13H2/t15-/m0/s1. The van der Waals surface area contributed by atoms with Crippen LogP contribution in [-0.4, -0.2) is 49.5 Å². The molecule has 3 heterocycles. The van der Waals surface area contributed by atoms with Gasteiger partial charge in [-0.2, -0.15) is 5.26 Å². The van der Waals surface area contributed by atoms with Gasteiger partial charge in [-0.25, -0.2) is 15.0 Å². The summed E-state index contributed by atoms with van der Waals surface area (Å²) in [6.45, 7) is 1.31. The Bertz CT molecular complexity index is 1170. The summed E-state index contributed by atoms with van der Waals surface area (Å²) >= 11 is 0. The van der Waals surface area contributed by atoms with Gasteiger partial charge in [0.05, 0.1) is 23.8 Å². The van der Waals surface area contributed by atoms with Crippen molar-refractivity contribution in [3.8, 4) is 11.9 Å². The fourth-order valence-electron chi connectivity index (χ4n) is 3.55. The number of piperidine rings is 1. The van der Waals surface area contributed by atoms with Gasteiger partial charge >= 0.3 is 0 Å². The molecule has 0 spiro atoms. The number of para-hydroxylation sites is 1. The average molecular weight is 404 g/mol. The molecule has 1 fully saturated rings. The third kappa shape index (κ3) is 4.12. The number of ether oxygens (including phenoxy) is 1. The molecule has 1 amide bonds. The van der Waals surface area contributed by atoms with Gasteiger partial charge in [0, 0.05) is 31.9 Å². The van der Waals surface area contributed by atoms with Gasteiger partial charge in [-0.05, 0) is 25.0 Å². The minimum absolute atomic E-state index is 0.0528. The summed E-state index contributed by atoms with van der Waals surface area (Å²) in [6.07, 6.45) is 5.88.